The van der Waals surface area contributed by atoms with E-state index < -0.39 is 26.6 Å². The predicted molar refractivity (Wildman–Crippen MR) is 94.6 cm³/mol. The number of rotatable bonds is 7. The monoisotopic (exact) mass is 385 g/mol. The van der Waals surface area contributed by atoms with Crippen molar-refractivity contribution in [3.8, 4) is 0 Å². The molecule has 26 heavy (non-hydrogen) atoms. The first-order chi connectivity index (χ1) is 12.2. The quantitative estimate of drug-likeness (QED) is 0.429. The topological polar surface area (TPSA) is 119 Å². The number of carbonyl (C=O) groups excluding carboxylic acids is 1. The number of likely N-dealkylation sites (N-methyl/N-ethyl adjacent to an activating group) is 1. The van der Waals surface area contributed by atoms with Gasteiger partial charge < -0.3 is 10.1 Å². The molecule has 9 nitrogen and oxygen atoms in total. The largest absolute Gasteiger partial charge is 0.462 e. The van der Waals surface area contributed by atoms with E-state index in [1.165, 1.54) is 17.3 Å². The molecular weight excluding hydrogens is 362 g/mol. The van der Waals surface area contributed by atoms with Crippen LogP contribution in [0.5, 0.6) is 0 Å². The SMILES string of the molecule is CCOC(=O)c1cc(S(=O)(=O)N2CCCC2CNC)cc([N+](=O)[O-])c1C. The zero-order chi connectivity index (χ0) is 19.5. The van der Waals surface area contributed by atoms with Crippen LogP contribution in [0, 0.1) is 17.0 Å². The van der Waals surface area contributed by atoms with Gasteiger partial charge in [-0.25, -0.2) is 13.2 Å². The summed E-state index contributed by atoms with van der Waals surface area (Å²) in [5, 5.41) is 14.3. The highest BCUT2D eigenvalue weighted by Gasteiger charge is 2.36. The Bertz CT molecular complexity index is 808. The van der Waals surface area contributed by atoms with Crippen LogP contribution in [0.2, 0.25) is 0 Å². The Hall–Kier alpha value is -2.04. The van der Waals surface area contributed by atoms with Crippen LogP contribution in [0.4, 0.5) is 5.69 Å². The van der Waals surface area contributed by atoms with Crippen LogP contribution in [-0.4, -0.2) is 56.4 Å². The van der Waals surface area contributed by atoms with Crippen molar-refractivity contribution >= 4 is 21.7 Å². The van der Waals surface area contributed by atoms with Crippen molar-refractivity contribution in [1.29, 1.82) is 0 Å². The van der Waals surface area contributed by atoms with Crippen LogP contribution in [0.25, 0.3) is 0 Å². The first-order valence-corrected chi connectivity index (χ1v) is 9.80. The van der Waals surface area contributed by atoms with Gasteiger partial charge in [0.2, 0.25) is 10.0 Å². The van der Waals surface area contributed by atoms with Gasteiger partial charge in [0.15, 0.2) is 0 Å². The minimum atomic E-state index is -3.97. The van der Waals surface area contributed by atoms with E-state index in [4.69, 9.17) is 4.74 Å². The number of nitrogens with one attached hydrogen (secondary N) is 1. The van der Waals surface area contributed by atoms with E-state index in [0.29, 0.717) is 25.9 Å². The van der Waals surface area contributed by atoms with E-state index in [-0.39, 0.29) is 28.7 Å². The van der Waals surface area contributed by atoms with Crippen molar-refractivity contribution in [2.24, 2.45) is 0 Å². The second-order valence-corrected chi connectivity index (χ2v) is 7.95. The third-order valence-corrected chi connectivity index (χ3v) is 6.34. The number of carbonyl (C=O) groups is 1. The number of sulfonamides is 1. The summed E-state index contributed by atoms with van der Waals surface area (Å²) in [6.07, 6.45) is 1.42. The first kappa shape index (κ1) is 20.3. The molecule has 2 rings (SSSR count). The molecule has 0 radical (unpaired) electrons. The van der Waals surface area contributed by atoms with Crippen LogP contribution < -0.4 is 5.32 Å². The Morgan fingerprint density at radius 3 is 2.73 bits per heavy atom. The van der Waals surface area contributed by atoms with Crippen LogP contribution >= 0.6 is 0 Å². The van der Waals surface area contributed by atoms with E-state index in [0.717, 1.165) is 6.07 Å². The average molecular weight is 385 g/mol. The second-order valence-electron chi connectivity index (χ2n) is 6.06. The van der Waals surface area contributed by atoms with Gasteiger partial charge in [0.25, 0.3) is 5.69 Å². The van der Waals surface area contributed by atoms with Gasteiger partial charge in [-0.3, -0.25) is 10.1 Å². The highest BCUT2D eigenvalue weighted by atomic mass is 32.2. The van der Waals surface area contributed by atoms with E-state index >= 15 is 0 Å². The Balaban J connectivity index is 2.57. The molecule has 0 aromatic heterocycles. The molecule has 1 fully saturated rings. The third kappa shape index (κ3) is 3.87. The van der Waals surface area contributed by atoms with Gasteiger partial charge in [-0.05, 0) is 39.8 Å². The molecule has 0 aliphatic carbocycles. The third-order valence-electron chi connectivity index (χ3n) is 4.42. The molecule has 0 saturated carbocycles. The summed E-state index contributed by atoms with van der Waals surface area (Å²) in [6.45, 7) is 3.91. The molecule has 1 saturated heterocycles. The van der Waals surface area contributed by atoms with Gasteiger partial charge in [0.1, 0.15) is 0 Å². The average Bonchev–Trinajstić information content (AvgIpc) is 3.04. The molecular formula is C16H23N3O6S. The van der Waals surface area contributed by atoms with Crippen molar-refractivity contribution in [3.05, 3.63) is 33.4 Å². The Labute approximate surface area is 152 Å². The molecule has 1 aliphatic rings. The summed E-state index contributed by atoms with van der Waals surface area (Å²) in [5.41, 5.74) is -0.442. The number of nitro benzene ring substituents is 1. The van der Waals surface area contributed by atoms with Crippen molar-refractivity contribution < 1.29 is 22.9 Å². The lowest BCUT2D eigenvalue weighted by atomic mass is 10.1. The zero-order valence-corrected chi connectivity index (χ0v) is 15.8. The van der Waals surface area contributed by atoms with Crippen molar-refractivity contribution in [1.82, 2.24) is 9.62 Å². The highest BCUT2D eigenvalue weighted by Crippen LogP contribution is 2.31. The first-order valence-electron chi connectivity index (χ1n) is 8.36. The molecule has 1 aromatic carbocycles. The Morgan fingerprint density at radius 1 is 1.46 bits per heavy atom. The lowest BCUT2D eigenvalue weighted by molar-refractivity contribution is -0.385. The van der Waals surface area contributed by atoms with Gasteiger partial charge >= 0.3 is 5.97 Å². The number of hydrogen-bond donors (Lipinski definition) is 1. The highest BCUT2D eigenvalue weighted by molar-refractivity contribution is 7.89. The van der Waals surface area contributed by atoms with Crippen LogP contribution in [0.1, 0.15) is 35.7 Å². The fourth-order valence-electron chi connectivity index (χ4n) is 3.13. The zero-order valence-electron chi connectivity index (χ0n) is 15.0. The standard InChI is InChI=1S/C16H23N3O6S/c1-4-25-16(20)14-8-13(9-15(11(14)2)19(21)22)26(23,24)18-7-5-6-12(18)10-17-3/h8-9,12,17H,4-7,10H2,1-3H3. The summed E-state index contributed by atoms with van der Waals surface area (Å²) in [6, 6.07) is 1.96. The van der Waals surface area contributed by atoms with Gasteiger partial charge in [-0.1, -0.05) is 0 Å². The predicted octanol–water partition coefficient (Wildman–Crippen LogP) is 1.45. The number of nitro groups is 1. The van der Waals surface area contributed by atoms with Gasteiger partial charge in [-0.2, -0.15) is 4.31 Å². The molecule has 0 bridgehead atoms. The van der Waals surface area contributed by atoms with Gasteiger partial charge in [0.05, 0.1) is 22.0 Å². The number of hydrogen-bond acceptors (Lipinski definition) is 7. The van der Waals surface area contributed by atoms with Crippen molar-refractivity contribution in [2.45, 2.75) is 37.6 Å². The van der Waals surface area contributed by atoms with Gasteiger partial charge in [0, 0.05) is 30.8 Å². The number of esters is 1. The second kappa shape index (κ2) is 8.11. The fraction of sp³-hybridized carbons (Fsp3) is 0.562. The molecule has 1 N–H and O–H groups in total. The summed E-state index contributed by atoms with van der Waals surface area (Å²) >= 11 is 0. The summed E-state index contributed by atoms with van der Waals surface area (Å²) in [5.74, 6) is -0.779. The molecule has 1 aliphatic heterocycles. The minimum Gasteiger partial charge on any atom is -0.462 e. The summed E-state index contributed by atoms with van der Waals surface area (Å²) in [4.78, 5) is 22.5. The maximum absolute atomic E-state index is 13.1. The molecule has 10 heteroatoms. The molecule has 1 heterocycles. The van der Waals surface area contributed by atoms with Crippen molar-refractivity contribution in [2.75, 3.05) is 26.7 Å². The molecule has 144 valence electrons. The minimum absolute atomic E-state index is 0.0828. The van der Waals surface area contributed by atoms with Crippen LogP contribution in [-0.2, 0) is 14.8 Å². The molecule has 0 spiro atoms. The lowest BCUT2D eigenvalue weighted by Gasteiger charge is -2.24. The smallest absolute Gasteiger partial charge is 0.338 e. The summed E-state index contributed by atoms with van der Waals surface area (Å²) in [7, 11) is -2.24. The molecule has 1 unspecified atom stereocenters. The maximum Gasteiger partial charge on any atom is 0.338 e. The Morgan fingerprint density at radius 2 is 2.15 bits per heavy atom. The van der Waals surface area contributed by atoms with Crippen LogP contribution in [0.15, 0.2) is 17.0 Å². The lowest BCUT2D eigenvalue weighted by Crippen LogP contribution is -2.40. The number of ether oxygens (including phenoxy) is 1. The van der Waals surface area contributed by atoms with E-state index in [1.54, 1.807) is 14.0 Å². The normalized spacial score (nSPS) is 18.0. The van der Waals surface area contributed by atoms with E-state index in [2.05, 4.69) is 5.32 Å². The fourth-order valence-corrected chi connectivity index (χ4v) is 4.87. The number of nitrogens with zero attached hydrogens (tertiary/aromatic N) is 2. The molecule has 1 atom stereocenters. The van der Waals surface area contributed by atoms with Crippen LogP contribution in [0.3, 0.4) is 0 Å². The Kier molecular flexibility index (Phi) is 6.32. The summed E-state index contributed by atoms with van der Waals surface area (Å²) < 4.78 is 32.4. The van der Waals surface area contributed by atoms with Gasteiger partial charge in [-0.15, -0.1) is 0 Å². The van der Waals surface area contributed by atoms with Crippen molar-refractivity contribution in [3.63, 3.8) is 0 Å². The number of benzene rings is 1. The maximum atomic E-state index is 13.1. The van der Waals surface area contributed by atoms with E-state index in [1.807, 2.05) is 0 Å². The van der Waals surface area contributed by atoms with E-state index in [9.17, 15) is 23.3 Å². The molecule has 0 amide bonds. The molecule has 1 aromatic rings.